The van der Waals surface area contributed by atoms with Gasteiger partial charge in [0.2, 0.25) is 0 Å². The predicted octanol–water partition coefficient (Wildman–Crippen LogP) is 3.66. The fourth-order valence-electron chi connectivity index (χ4n) is 2.39. The van der Waals surface area contributed by atoms with Crippen LogP contribution in [0.5, 0.6) is 11.5 Å². The van der Waals surface area contributed by atoms with Gasteiger partial charge in [0, 0.05) is 18.2 Å². The lowest BCUT2D eigenvalue weighted by Gasteiger charge is -2.16. The fraction of sp³-hybridized carbons (Fsp3) is 0.611. The number of nitrogens with one attached hydrogen (secondary N) is 1. The minimum Gasteiger partial charge on any atom is -0.493 e. The maximum Gasteiger partial charge on any atom is 0.251 e. The van der Waals surface area contributed by atoms with Crippen molar-refractivity contribution >= 4 is 29.9 Å². The van der Waals surface area contributed by atoms with Gasteiger partial charge in [-0.15, -0.1) is 12.4 Å². The van der Waals surface area contributed by atoms with E-state index in [1.165, 1.54) is 7.11 Å². The molecular formula is C18H28Cl2N2O3. The SMILES string of the molecule is COc1cc(C(=O)NCC(N)C2CC2)cc(Cl)c1OCCC(C)C.Cl. The second kappa shape index (κ2) is 10.1. The second-order valence-electron chi connectivity index (χ2n) is 6.73. The van der Waals surface area contributed by atoms with Gasteiger partial charge in [-0.2, -0.15) is 0 Å². The quantitative estimate of drug-likeness (QED) is 0.674. The first-order chi connectivity index (χ1) is 11.4. The van der Waals surface area contributed by atoms with E-state index in [-0.39, 0.29) is 24.4 Å². The van der Waals surface area contributed by atoms with Gasteiger partial charge in [0.15, 0.2) is 11.5 Å². The highest BCUT2D eigenvalue weighted by Crippen LogP contribution is 2.36. The Balaban J connectivity index is 0.00000312. The molecule has 2 rings (SSSR count). The van der Waals surface area contributed by atoms with E-state index >= 15 is 0 Å². The Hall–Kier alpha value is -1.17. The Bertz CT molecular complexity index is 578. The Morgan fingerprint density at radius 1 is 1.40 bits per heavy atom. The largest absolute Gasteiger partial charge is 0.493 e. The van der Waals surface area contributed by atoms with Crippen LogP contribution in [0.2, 0.25) is 5.02 Å². The molecule has 1 aliphatic rings. The molecule has 1 atom stereocenters. The van der Waals surface area contributed by atoms with Gasteiger partial charge in [0.05, 0.1) is 18.7 Å². The molecule has 1 unspecified atom stereocenters. The summed E-state index contributed by atoms with van der Waals surface area (Å²) in [6, 6.07) is 3.27. The monoisotopic (exact) mass is 390 g/mol. The third-order valence-electron chi connectivity index (χ3n) is 4.16. The summed E-state index contributed by atoms with van der Waals surface area (Å²) in [4.78, 5) is 12.3. The lowest BCUT2D eigenvalue weighted by atomic mass is 10.1. The Labute approximate surface area is 161 Å². The highest BCUT2D eigenvalue weighted by Gasteiger charge is 2.28. The van der Waals surface area contributed by atoms with Crippen LogP contribution in [0.3, 0.4) is 0 Å². The standard InChI is InChI=1S/C18H27ClN2O3.ClH/c1-11(2)6-7-24-17-14(19)8-13(9-16(17)23-3)18(22)21-10-15(20)12-4-5-12;/h8-9,11-12,15H,4-7,10,20H2,1-3H3,(H,21,22);1H. The summed E-state index contributed by atoms with van der Waals surface area (Å²) in [5.74, 6) is 1.81. The fourth-order valence-corrected chi connectivity index (χ4v) is 2.66. The van der Waals surface area contributed by atoms with Crippen LogP contribution in [0.1, 0.15) is 43.5 Å². The molecule has 142 valence electrons. The average Bonchev–Trinajstić information content (AvgIpc) is 3.37. The second-order valence-corrected chi connectivity index (χ2v) is 7.14. The zero-order valence-electron chi connectivity index (χ0n) is 15.0. The Morgan fingerprint density at radius 2 is 2.08 bits per heavy atom. The van der Waals surface area contributed by atoms with Gasteiger partial charge in [-0.1, -0.05) is 25.4 Å². The first-order valence-corrected chi connectivity index (χ1v) is 8.84. The number of amides is 1. The number of hydrogen-bond acceptors (Lipinski definition) is 4. The minimum atomic E-state index is -0.208. The van der Waals surface area contributed by atoms with Gasteiger partial charge < -0.3 is 20.5 Å². The number of rotatable bonds is 9. The van der Waals surface area contributed by atoms with Crippen LogP contribution in [0, 0.1) is 11.8 Å². The third-order valence-corrected chi connectivity index (χ3v) is 4.44. The molecule has 0 bridgehead atoms. The van der Waals surface area contributed by atoms with E-state index in [0.29, 0.717) is 47.1 Å². The number of ether oxygens (including phenoxy) is 2. The minimum absolute atomic E-state index is 0. The van der Waals surface area contributed by atoms with Crippen LogP contribution in [0.25, 0.3) is 0 Å². The summed E-state index contributed by atoms with van der Waals surface area (Å²) < 4.78 is 11.1. The van der Waals surface area contributed by atoms with Crippen molar-refractivity contribution in [2.45, 2.75) is 39.2 Å². The van der Waals surface area contributed by atoms with Crippen LogP contribution in [0.15, 0.2) is 12.1 Å². The number of carbonyl (C=O) groups excluding carboxylic acids is 1. The molecule has 0 radical (unpaired) electrons. The Kier molecular flexibility index (Phi) is 8.83. The molecule has 1 aromatic rings. The molecule has 25 heavy (non-hydrogen) atoms. The van der Waals surface area contributed by atoms with Crippen LogP contribution in [0.4, 0.5) is 0 Å². The molecule has 1 aliphatic carbocycles. The van der Waals surface area contributed by atoms with Crippen LogP contribution < -0.4 is 20.5 Å². The number of nitrogens with two attached hydrogens (primary N) is 1. The van der Waals surface area contributed by atoms with E-state index in [0.717, 1.165) is 19.3 Å². The van der Waals surface area contributed by atoms with Gasteiger partial charge in [-0.05, 0) is 43.2 Å². The predicted molar refractivity (Wildman–Crippen MR) is 103 cm³/mol. The normalized spacial score (nSPS) is 14.6. The van der Waals surface area contributed by atoms with Gasteiger partial charge in [0.25, 0.3) is 5.91 Å². The van der Waals surface area contributed by atoms with E-state index in [2.05, 4.69) is 19.2 Å². The van der Waals surface area contributed by atoms with E-state index < -0.39 is 0 Å². The van der Waals surface area contributed by atoms with E-state index in [9.17, 15) is 4.79 Å². The maximum atomic E-state index is 12.3. The van der Waals surface area contributed by atoms with Gasteiger partial charge >= 0.3 is 0 Å². The molecule has 0 aliphatic heterocycles. The van der Waals surface area contributed by atoms with Crippen LogP contribution in [-0.2, 0) is 0 Å². The van der Waals surface area contributed by atoms with Gasteiger partial charge in [-0.3, -0.25) is 4.79 Å². The first kappa shape index (κ1) is 21.9. The van der Waals surface area contributed by atoms with Crippen LogP contribution in [-0.4, -0.2) is 32.2 Å². The number of halogens is 2. The molecule has 1 fully saturated rings. The molecule has 0 spiro atoms. The summed E-state index contributed by atoms with van der Waals surface area (Å²) in [5, 5.41) is 3.23. The summed E-state index contributed by atoms with van der Waals surface area (Å²) in [7, 11) is 1.53. The van der Waals surface area contributed by atoms with Crippen molar-refractivity contribution in [2.75, 3.05) is 20.3 Å². The lowest BCUT2D eigenvalue weighted by Crippen LogP contribution is -2.38. The molecule has 0 aromatic heterocycles. The van der Waals surface area contributed by atoms with Crippen molar-refractivity contribution in [1.29, 1.82) is 0 Å². The van der Waals surface area contributed by atoms with Crippen molar-refractivity contribution in [1.82, 2.24) is 5.32 Å². The highest BCUT2D eigenvalue weighted by molar-refractivity contribution is 6.32. The smallest absolute Gasteiger partial charge is 0.251 e. The Morgan fingerprint density at radius 3 is 2.64 bits per heavy atom. The summed E-state index contributed by atoms with van der Waals surface area (Å²) in [5.41, 5.74) is 6.45. The lowest BCUT2D eigenvalue weighted by molar-refractivity contribution is 0.0950. The van der Waals surface area contributed by atoms with Crippen molar-refractivity contribution in [3.63, 3.8) is 0 Å². The van der Waals surface area contributed by atoms with Gasteiger partial charge in [0.1, 0.15) is 0 Å². The molecular weight excluding hydrogens is 363 g/mol. The molecule has 7 heteroatoms. The molecule has 0 heterocycles. The number of carbonyl (C=O) groups is 1. The summed E-state index contributed by atoms with van der Waals surface area (Å²) in [6.45, 7) is 5.27. The van der Waals surface area contributed by atoms with Crippen molar-refractivity contribution in [3.8, 4) is 11.5 Å². The summed E-state index contributed by atoms with van der Waals surface area (Å²) in [6.07, 6.45) is 3.22. The highest BCUT2D eigenvalue weighted by atomic mass is 35.5. The molecule has 0 saturated heterocycles. The van der Waals surface area contributed by atoms with E-state index in [1.54, 1.807) is 12.1 Å². The summed E-state index contributed by atoms with van der Waals surface area (Å²) >= 11 is 6.29. The van der Waals surface area contributed by atoms with Crippen molar-refractivity contribution in [2.24, 2.45) is 17.6 Å². The average molecular weight is 391 g/mol. The molecule has 5 nitrogen and oxygen atoms in total. The third kappa shape index (κ3) is 6.57. The number of benzene rings is 1. The molecule has 3 N–H and O–H groups in total. The zero-order valence-corrected chi connectivity index (χ0v) is 16.6. The van der Waals surface area contributed by atoms with Crippen molar-refractivity contribution in [3.05, 3.63) is 22.7 Å². The van der Waals surface area contributed by atoms with E-state index in [1.807, 2.05) is 0 Å². The zero-order chi connectivity index (χ0) is 17.7. The van der Waals surface area contributed by atoms with Crippen molar-refractivity contribution < 1.29 is 14.3 Å². The topological polar surface area (TPSA) is 73.6 Å². The maximum absolute atomic E-state index is 12.3. The first-order valence-electron chi connectivity index (χ1n) is 8.46. The number of methoxy groups -OCH3 is 1. The van der Waals surface area contributed by atoms with E-state index in [4.69, 9.17) is 26.8 Å². The molecule has 1 aromatic carbocycles. The molecule has 1 amide bonds. The molecule has 1 saturated carbocycles. The van der Waals surface area contributed by atoms with Gasteiger partial charge in [-0.25, -0.2) is 0 Å². The van der Waals surface area contributed by atoms with Crippen LogP contribution >= 0.6 is 24.0 Å². The number of hydrogen-bond donors (Lipinski definition) is 2.